The quantitative estimate of drug-likeness (QED) is 0.407. The van der Waals surface area contributed by atoms with Crippen LogP contribution in [0.1, 0.15) is 73.3 Å². The molecular formula is C28H36N2O. The van der Waals surface area contributed by atoms with Crippen LogP contribution in [-0.2, 0) is 18.5 Å². The highest BCUT2D eigenvalue weighted by molar-refractivity contribution is 5.94. The number of unbranched alkanes of at least 4 members (excludes halogenated alkanes) is 1. The first kappa shape index (κ1) is 22.9. The molecule has 3 heteroatoms. The van der Waals surface area contributed by atoms with Crippen molar-refractivity contribution >= 4 is 5.91 Å². The summed E-state index contributed by atoms with van der Waals surface area (Å²) in [4.78, 5) is 15.4. The van der Waals surface area contributed by atoms with E-state index in [1.165, 1.54) is 22.4 Å². The SMILES string of the molecule is CCCCN(Cc1cccn1Cc1ccccc1C)C(=O)c1ccc(C(C)(C)C)cc1. The summed E-state index contributed by atoms with van der Waals surface area (Å²) in [6.07, 6.45) is 4.18. The minimum absolute atomic E-state index is 0.0832. The van der Waals surface area contributed by atoms with Crippen molar-refractivity contribution in [1.29, 1.82) is 0 Å². The van der Waals surface area contributed by atoms with Crippen molar-refractivity contribution in [1.82, 2.24) is 9.47 Å². The number of aromatic nitrogens is 1. The molecule has 164 valence electrons. The predicted molar refractivity (Wildman–Crippen MR) is 130 cm³/mol. The highest BCUT2D eigenvalue weighted by Crippen LogP contribution is 2.23. The first-order chi connectivity index (χ1) is 14.8. The molecule has 0 atom stereocenters. The molecule has 31 heavy (non-hydrogen) atoms. The number of amides is 1. The number of aryl methyl sites for hydroxylation is 1. The first-order valence-electron chi connectivity index (χ1n) is 11.4. The fourth-order valence-corrected chi connectivity index (χ4v) is 3.81. The van der Waals surface area contributed by atoms with E-state index < -0.39 is 0 Å². The third-order valence-electron chi connectivity index (χ3n) is 5.95. The summed E-state index contributed by atoms with van der Waals surface area (Å²) in [6, 6.07) is 20.8. The summed E-state index contributed by atoms with van der Waals surface area (Å²) in [5, 5.41) is 0. The summed E-state index contributed by atoms with van der Waals surface area (Å²) < 4.78 is 2.26. The molecule has 0 bridgehead atoms. The number of nitrogens with zero attached hydrogens (tertiary/aromatic N) is 2. The van der Waals surface area contributed by atoms with Crippen molar-refractivity contribution in [2.75, 3.05) is 6.54 Å². The monoisotopic (exact) mass is 416 g/mol. The van der Waals surface area contributed by atoms with Gasteiger partial charge in [-0.25, -0.2) is 0 Å². The highest BCUT2D eigenvalue weighted by Gasteiger charge is 2.19. The average molecular weight is 417 g/mol. The van der Waals surface area contributed by atoms with E-state index in [4.69, 9.17) is 0 Å². The van der Waals surface area contributed by atoms with Crippen molar-refractivity contribution in [3.8, 4) is 0 Å². The third kappa shape index (κ3) is 5.88. The molecule has 3 nitrogen and oxygen atoms in total. The van der Waals surface area contributed by atoms with Crippen molar-refractivity contribution in [3.05, 3.63) is 94.8 Å². The zero-order valence-electron chi connectivity index (χ0n) is 19.7. The van der Waals surface area contributed by atoms with Crippen molar-refractivity contribution in [2.45, 2.75) is 66.0 Å². The van der Waals surface area contributed by atoms with Gasteiger partial charge in [0.15, 0.2) is 0 Å². The zero-order chi connectivity index (χ0) is 22.4. The number of benzene rings is 2. The van der Waals surface area contributed by atoms with Gasteiger partial charge in [0, 0.05) is 30.5 Å². The van der Waals surface area contributed by atoms with Crippen LogP contribution in [0.5, 0.6) is 0 Å². The summed E-state index contributed by atoms with van der Waals surface area (Å²) in [5.74, 6) is 0.109. The summed E-state index contributed by atoms with van der Waals surface area (Å²) in [7, 11) is 0. The van der Waals surface area contributed by atoms with Gasteiger partial charge in [0.05, 0.1) is 6.54 Å². The summed E-state index contributed by atoms with van der Waals surface area (Å²) in [6.45, 7) is 13.1. The second-order valence-corrected chi connectivity index (χ2v) is 9.46. The molecule has 0 fully saturated rings. The molecule has 1 aromatic heterocycles. The van der Waals surface area contributed by atoms with E-state index in [1.807, 2.05) is 17.0 Å². The Kier molecular flexibility index (Phi) is 7.37. The van der Waals surface area contributed by atoms with Gasteiger partial charge in [0.2, 0.25) is 0 Å². The number of hydrogen-bond acceptors (Lipinski definition) is 1. The standard InChI is InChI=1S/C28H36N2O/c1-6-7-18-30(27(31)23-14-16-25(17-15-23)28(3,4)5)21-26-13-10-19-29(26)20-24-12-9-8-11-22(24)2/h8-17,19H,6-7,18,20-21H2,1-5H3. The van der Waals surface area contributed by atoms with E-state index >= 15 is 0 Å². The fourth-order valence-electron chi connectivity index (χ4n) is 3.81. The molecule has 1 amide bonds. The molecular weight excluding hydrogens is 380 g/mol. The van der Waals surface area contributed by atoms with Crippen LogP contribution in [0.25, 0.3) is 0 Å². The van der Waals surface area contributed by atoms with Gasteiger partial charge in [-0.2, -0.15) is 0 Å². The molecule has 3 rings (SSSR count). The maximum absolute atomic E-state index is 13.4. The number of hydrogen-bond donors (Lipinski definition) is 0. The van der Waals surface area contributed by atoms with Crippen molar-refractivity contribution in [3.63, 3.8) is 0 Å². The van der Waals surface area contributed by atoms with Crippen LogP contribution in [-0.4, -0.2) is 21.9 Å². The van der Waals surface area contributed by atoms with E-state index in [1.54, 1.807) is 0 Å². The van der Waals surface area contributed by atoms with Crippen molar-refractivity contribution in [2.24, 2.45) is 0 Å². The lowest BCUT2D eigenvalue weighted by Crippen LogP contribution is -2.32. The Morgan fingerprint density at radius 3 is 2.32 bits per heavy atom. The number of rotatable bonds is 8. The van der Waals surface area contributed by atoms with Gasteiger partial charge < -0.3 is 9.47 Å². The molecule has 0 spiro atoms. The Balaban J connectivity index is 1.80. The first-order valence-corrected chi connectivity index (χ1v) is 11.4. The van der Waals surface area contributed by atoms with E-state index in [0.29, 0.717) is 6.54 Å². The second-order valence-electron chi connectivity index (χ2n) is 9.46. The van der Waals surface area contributed by atoms with Crippen LogP contribution in [0.15, 0.2) is 66.9 Å². The van der Waals surface area contributed by atoms with Crippen LogP contribution >= 0.6 is 0 Å². The van der Waals surface area contributed by atoms with Gasteiger partial charge in [-0.3, -0.25) is 4.79 Å². The van der Waals surface area contributed by atoms with Gasteiger partial charge in [-0.05, 0) is 59.7 Å². The summed E-state index contributed by atoms with van der Waals surface area (Å²) in [5.41, 5.74) is 5.86. The lowest BCUT2D eigenvalue weighted by molar-refractivity contribution is 0.0737. The van der Waals surface area contributed by atoms with Gasteiger partial charge >= 0.3 is 0 Å². The van der Waals surface area contributed by atoms with Crippen molar-refractivity contribution < 1.29 is 4.79 Å². The topological polar surface area (TPSA) is 25.2 Å². The summed E-state index contributed by atoms with van der Waals surface area (Å²) >= 11 is 0. The van der Waals surface area contributed by atoms with Gasteiger partial charge in [-0.1, -0.05) is 70.5 Å². The molecule has 0 unspecified atom stereocenters. The van der Waals surface area contributed by atoms with E-state index in [9.17, 15) is 4.79 Å². The van der Waals surface area contributed by atoms with E-state index in [0.717, 1.165) is 31.5 Å². The molecule has 0 saturated heterocycles. The van der Waals surface area contributed by atoms with Gasteiger partial charge in [0.1, 0.15) is 0 Å². The Bertz CT molecular complexity index is 992. The lowest BCUT2D eigenvalue weighted by Gasteiger charge is -2.25. The Morgan fingerprint density at radius 2 is 1.68 bits per heavy atom. The molecule has 3 aromatic rings. The maximum atomic E-state index is 13.4. The second kappa shape index (κ2) is 10.00. The van der Waals surface area contributed by atoms with Crippen LogP contribution in [0.3, 0.4) is 0 Å². The average Bonchev–Trinajstić information content (AvgIpc) is 3.18. The third-order valence-corrected chi connectivity index (χ3v) is 5.95. The number of carbonyl (C=O) groups is 1. The molecule has 0 radical (unpaired) electrons. The minimum Gasteiger partial charge on any atom is -0.345 e. The molecule has 0 aliphatic rings. The molecule has 0 N–H and O–H groups in total. The number of carbonyl (C=O) groups excluding carboxylic acids is 1. The molecule has 1 heterocycles. The highest BCUT2D eigenvalue weighted by atomic mass is 16.2. The fraction of sp³-hybridized carbons (Fsp3) is 0.393. The Morgan fingerprint density at radius 1 is 0.968 bits per heavy atom. The van der Waals surface area contributed by atoms with Crippen LogP contribution in [0.4, 0.5) is 0 Å². The van der Waals surface area contributed by atoms with Crippen LogP contribution in [0, 0.1) is 6.92 Å². The minimum atomic E-state index is 0.0832. The molecule has 0 saturated carbocycles. The van der Waals surface area contributed by atoms with E-state index in [-0.39, 0.29) is 11.3 Å². The Hall–Kier alpha value is -2.81. The van der Waals surface area contributed by atoms with Gasteiger partial charge in [0.25, 0.3) is 5.91 Å². The maximum Gasteiger partial charge on any atom is 0.254 e. The normalized spacial score (nSPS) is 11.5. The van der Waals surface area contributed by atoms with Crippen LogP contribution in [0.2, 0.25) is 0 Å². The van der Waals surface area contributed by atoms with E-state index in [2.05, 4.69) is 93.9 Å². The predicted octanol–water partition coefficient (Wildman–Crippen LogP) is 6.58. The van der Waals surface area contributed by atoms with Crippen LogP contribution < -0.4 is 0 Å². The largest absolute Gasteiger partial charge is 0.345 e. The smallest absolute Gasteiger partial charge is 0.254 e. The zero-order valence-corrected chi connectivity index (χ0v) is 19.7. The Labute approximate surface area is 187 Å². The molecule has 0 aliphatic carbocycles. The van der Waals surface area contributed by atoms with Gasteiger partial charge in [-0.15, -0.1) is 0 Å². The lowest BCUT2D eigenvalue weighted by atomic mass is 9.86. The molecule has 0 aliphatic heterocycles. The molecule has 2 aromatic carbocycles.